The smallest absolute Gasteiger partial charge is 0.316 e. The molecule has 0 radical (unpaired) electrons. The van der Waals surface area contributed by atoms with Crippen LogP contribution in [0.4, 0.5) is 10.5 Å². The van der Waals surface area contributed by atoms with Gasteiger partial charge in [0.1, 0.15) is 0 Å². The SMILES string of the molecule is Cc1ccccc1CNC(=O)On1[nH]c2ccc([N+](=O)[O-])cc2c1=O. The highest BCUT2D eigenvalue weighted by molar-refractivity contribution is 5.80. The van der Waals surface area contributed by atoms with Gasteiger partial charge in [0.05, 0.1) is 15.8 Å². The molecule has 0 aliphatic heterocycles. The summed E-state index contributed by atoms with van der Waals surface area (Å²) in [5, 5.41) is 15.9. The number of aromatic amines is 1. The van der Waals surface area contributed by atoms with Gasteiger partial charge in [0, 0.05) is 18.7 Å². The number of benzene rings is 2. The lowest BCUT2D eigenvalue weighted by molar-refractivity contribution is -0.384. The van der Waals surface area contributed by atoms with E-state index >= 15 is 0 Å². The highest BCUT2D eigenvalue weighted by atomic mass is 16.7. The Balaban J connectivity index is 1.75. The van der Waals surface area contributed by atoms with Gasteiger partial charge in [-0.1, -0.05) is 29.1 Å². The van der Waals surface area contributed by atoms with Crippen LogP contribution in [-0.4, -0.2) is 21.0 Å². The van der Waals surface area contributed by atoms with E-state index in [1.54, 1.807) is 0 Å². The monoisotopic (exact) mass is 342 g/mol. The predicted molar refractivity (Wildman–Crippen MR) is 89.2 cm³/mol. The van der Waals surface area contributed by atoms with Crippen LogP contribution in [0, 0.1) is 17.0 Å². The second-order valence-electron chi connectivity index (χ2n) is 5.36. The maximum Gasteiger partial charge on any atom is 0.433 e. The molecule has 1 amide bonds. The van der Waals surface area contributed by atoms with Crippen molar-refractivity contribution in [2.24, 2.45) is 0 Å². The first-order valence-corrected chi connectivity index (χ1v) is 7.35. The summed E-state index contributed by atoms with van der Waals surface area (Å²) in [6, 6.07) is 11.3. The molecule has 1 aromatic heterocycles. The molecule has 0 aliphatic carbocycles. The van der Waals surface area contributed by atoms with Crippen molar-refractivity contribution in [1.29, 1.82) is 0 Å². The Hall–Kier alpha value is -3.62. The minimum Gasteiger partial charge on any atom is -0.316 e. The fourth-order valence-corrected chi connectivity index (χ4v) is 2.35. The number of aromatic nitrogens is 2. The van der Waals surface area contributed by atoms with Gasteiger partial charge in [-0.2, -0.15) is 0 Å². The molecule has 3 aromatic rings. The molecule has 0 aliphatic rings. The number of nitrogens with zero attached hydrogens (tertiary/aromatic N) is 2. The summed E-state index contributed by atoms with van der Waals surface area (Å²) >= 11 is 0. The van der Waals surface area contributed by atoms with Gasteiger partial charge in [0.2, 0.25) is 0 Å². The minimum absolute atomic E-state index is 0.0564. The van der Waals surface area contributed by atoms with E-state index in [9.17, 15) is 19.7 Å². The van der Waals surface area contributed by atoms with Crippen LogP contribution in [-0.2, 0) is 6.54 Å². The number of nitro groups is 1. The van der Waals surface area contributed by atoms with E-state index in [0.717, 1.165) is 17.2 Å². The minimum atomic E-state index is -0.827. The molecule has 0 bridgehead atoms. The number of rotatable bonds is 4. The molecule has 0 fully saturated rings. The lowest BCUT2D eigenvalue weighted by Gasteiger charge is -2.07. The Bertz CT molecular complexity index is 1020. The molecule has 0 saturated carbocycles. The third-order valence-electron chi connectivity index (χ3n) is 3.71. The van der Waals surface area contributed by atoms with Crippen LogP contribution in [0.1, 0.15) is 11.1 Å². The molecule has 0 atom stereocenters. The molecule has 9 nitrogen and oxygen atoms in total. The lowest BCUT2D eigenvalue weighted by Crippen LogP contribution is -2.36. The number of carbonyl (C=O) groups is 1. The summed E-state index contributed by atoms with van der Waals surface area (Å²) in [6.07, 6.45) is -0.827. The molecular formula is C16H14N4O5. The zero-order valence-electron chi connectivity index (χ0n) is 13.2. The van der Waals surface area contributed by atoms with Crippen molar-refractivity contribution >= 4 is 22.7 Å². The Morgan fingerprint density at radius 3 is 2.80 bits per heavy atom. The molecule has 128 valence electrons. The number of fused-ring (bicyclic) bond motifs is 1. The maximum atomic E-state index is 12.2. The zero-order valence-corrected chi connectivity index (χ0v) is 13.2. The van der Waals surface area contributed by atoms with Gasteiger partial charge in [-0.3, -0.25) is 24.8 Å². The summed E-state index contributed by atoms with van der Waals surface area (Å²) < 4.78 is 0. The first-order chi connectivity index (χ1) is 12.0. The van der Waals surface area contributed by atoms with Crippen molar-refractivity contribution in [3.8, 4) is 0 Å². The number of nitro benzene ring substituents is 1. The van der Waals surface area contributed by atoms with E-state index in [1.165, 1.54) is 12.1 Å². The Labute approximate surface area is 140 Å². The number of amides is 1. The van der Waals surface area contributed by atoms with E-state index in [4.69, 9.17) is 4.84 Å². The number of hydrogen-bond acceptors (Lipinski definition) is 5. The van der Waals surface area contributed by atoms with Gasteiger partial charge in [-0.15, -0.1) is 0 Å². The molecule has 1 heterocycles. The average molecular weight is 342 g/mol. The summed E-state index contributed by atoms with van der Waals surface area (Å²) in [4.78, 5) is 39.8. The summed E-state index contributed by atoms with van der Waals surface area (Å²) in [5.74, 6) is 0. The Morgan fingerprint density at radius 1 is 1.32 bits per heavy atom. The predicted octanol–water partition coefficient (Wildman–Crippen LogP) is 1.88. The van der Waals surface area contributed by atoms with Crippen LogP contribution >= 0.6 is 0 Å². The second kappa shape index (κ2) is 6.48. The van der Waals surface area contributed by atoms with Gasteiger partial charge in [-0.05, 0) is 24.1 Å². The van der Waals surface area contributed by atoms with Crippen LogP contribution in [0.25, 0.3) is 10.9 Å². The average Bonchev–Trinajstić information content (AvgIpc) is 2.89. The van der Waals surface area contributed by atoms with Crippen molar-refractivity contribution in [2.75, 3.05) is 0 Å². The highest BCUT2D eigenvalue weighted by Crippen LogP contribution is 2.16. The third kappa shape index (κ3) is 3.34. The standard InChI is InChI=1S/C16H14N4O5/c1-10-4-2-3-5-11(10)9-17-16(22)25-19-15(21)13-8-12(20(23)24)6-7-14(13)18-19/h2-8,18H,9H2,1H3,(H,17,22). The number of aryl methyl sites for hydroxylation is 1. The first-order valence-electron chi connectivity index (χ1n) is 7.35. The number of H-pyrrole nitrogens is 1. The number of non-ortho nitro benzene ring substituents is 1. The van der Waals surface area contributed by atoms with Gasteiger partial charge >= 0.3 is 11.7 Å². The molecule has 3 rings (SSSR count). The second-order valence-corrected chi connectivity index (χ2v) is 5.36. The molecule has 0 spiro atoms. The van der Waals surface area contributed by atoms with Crippen molar-refractivity contribution < 1.29 is 14.6 Å². The van der Waals surface area contributed by atoms with Crippen molar-refractivity contribution in [1.82, 2.24) is 15.3 Å². The topological polar surface area (TPSA) is 119 Å². The third-order valence-corrected chi connectivity index (χ3v) is 3.71. The number of nitrogens with one attached hydrogen (secondary N) is 2. The van der Waals surface area contributed by atoms with Gasteiger partial charge in [0.15, 0.2) is 0 Å². The molecular weight excluding hydrogens is 328 g/mol. The Morgan fingerprint density at radius 2 is 2.08 bits per heavy atom. The zero-order chi connectivity index (χ0) is 18.0. The van der Waals surface area contributed by atoms with E-state index in [0.29, 0.717) is 10.4 Å². The molecule has 9 heteroatoms. The van der Waals surface area contributed by atoms with E-state index in [2.05, 4.69) is 10.4 Å². The highest BCUT2D eigenvalue weighted by Gasteiger charge is 2.15. The van der Waals surface area contributed by atoms with Crippen molar-refractivity contribution in [3.63, 3.8) is 0 Å². The first kappa shape index (κ1) is 16.2. The van der Waals surface area contributed by atoms with Crippen LogP contribution in [0.15, 0.2) is 47.3 Å². The summed E-state index contributed by atoms with van der Waals surface area (Å²) in [7, 11) is 0. The fraction of sp³-hybridized carbons (Fsp3) is 0.125. The number of hydrogen-bond donors (Lipinski definition) is 2. The van der Waals surface area contributed by atoms with E-state index in [1.807, 2.05) is 31.2 Å². The van der Waals surface area contributed by atoms with Crippen molar-refractivity contribution in [3.05, 3.63) is 74.1 Å². The van der Waals surface area contributed by atoms with Gasteiger partial charge in [0.25, 0.3) is 5.69 Å². The molecule has 0 unspecified atom stereocenters. The summed E-state index contributed by atoms with van der Waals surface area (Å²) in [5.41, 5.74) is 1.34. The molecule has 0 saturated heterocycles. The van der Waals surface area contributed by atoms with Gasteiger partial charge in [-0.25, -0.2) is 4.79 Å². The van der Waals surface area contributed by atoms with E-state index in [-0.39, 0.29) is 17.6 Å². The summed E-state index contributed by atoms with van der Waals surface area (Å²) in [6.45, 7) is 2.16. The number of carbonyl (C=O) groups excluding carboxylic acids is 1. The van der Waals surface area contributed by atoms with E-state index < -0.39 is 16.6 Å². The molecule has 2 N–H and O–H groups in total. The van der Waals surface area contributed by atoms with Crippen LogP contribution in [0.3, 0.4) is 0 Å². The quantitative estimate of drug-likeness (QED) is 0.554. The fourth-order valence-electron chi connectivity index (χ4n) is 2.35. The van der Waals surface area contributed by atoms with Crippen LogP contribution in [0.2, 0.25) is 0 Å². The lowest BCUT2D eigenvalue weighted by atomic mass is 10.1. The Kier molecular flexibility index (Phi) is 4.21. The largest absolute Gasteiger partial charge is 0.433 e. The molecule has 2 aromatic carbocycles. The maximum absolute atomic E-state index is 12.2. The van der Waals surface area contributed by atoms with Crippen molar-refractivity contribution in [2.45, 2.75) is 13.5 Å². The van der Waals surface area contributed by atoms with Crippen LogP contribution < -0.4 is 15.7 Å². The van der Waals surface area contributed by atoms with Crippen LogP contribution in [0.5, 0.6) is 0 Å². The molecule has 25 heavy (non-hydrogen) atoms. The normalized spacial score (nSPS) is 10.6. The van der Waals surface area contributed by atoms with Gasteiger partial charge < -0.3 is 5.32 Å².